The number of likely N-dealkylation sites (N-methyl/N-ethyl adjacent to an activating group) is 1. The summed E-state index contributed by atoms with van der Waals surface area (Å²) in [6.07, 6.45) is 2.31. The van der Waals surface area contributed by atoms with Crippen LogP contribution >= 0.6 is 0 Å². The van der Waals surface area contributed by atoms with Crippen molar-refractivity contribution in [1.82, 2.24) is 9.21 Å². The molecule has 1 aliphatic rings. The Balaban J connectivity index is 2.75. The predicted octanol–water partition coefficient (Wildman–Crippen LogP) is -0.410. The molecule has 1 N–H and O–H groups in total. The van der Waals surface area contributed by atoms with Gasteiger partial charge in [-0.25, -0.2) is 17.5 Å². The van der Waals surface area contributed by atoms with Crippen LogP contribution in [0.1, 0.15) is 19.8 Å². The molecule has 0 aliphatic carbocycles. The minimum Gasteiger partial charge on any atom is -0.480 e. The Morgan fingerprint density at radius 3 is 2.47 bits per heavy atom. The summed E-state index contributed by atoms with van der Waals surface area (Å²) in [4.78, 5) is 24.2. The lowest BCUT2D eigenvalue weighted by Crippen LogP contribution is -2.49. The molecule has 2 atom stereocenters. The molecule has 7 nitrogen and oxygen atoms in total. The number of hydrogen-bond donors (Lipinski definition) is 1. The van der Waals surface area contributed by atoms with E-state index in [0.717, 1.165) is 6.26 Å². The summed E-state index contributed by atoms with van der Waals surface area (Å²) in [5, 5.41) is 8.88. The smallest absolute Gasteiger partial charge is 0.326 e. The fourth-order valence-corrected chi connectivity index (χ4v) is 3.00. The van der Waals surface area contributed by atoms with E-state index in [1.807, 2.05) is 0 Å². The highest BCUT2D eigenvalue weighted by Crippen LogP contribution is 2.21. The van der Waals surface area contributed by atoms with Gasteiger partial charge in [-0.1, -0.05) is 0 Å². The molecular weight excluding hydrogens is 272 g/mol. The van der Waals surface area contributed by atoms with Crippen LogP contribution in [0.4, 0.5) is 0 Å². The number of carbonyl (C=O) groups is 2. The zero-order valence-corrected chi connectivity index (χ0v) is 12.2. The molecule has 8 heteroatoms. The van der Waals surface area contributed by atoms with Gasteiger partial charge in [0.2, 0.25) is 15.9 Å². The number of aliphatic carboxylic acids is 1. The van der Waals surface area contributed by atoms with E-state index in [9.17, 15) is 18.0 Å². The minimum absolute atomic E-state index is 0.133. The van der Waals surface area contributed by atoms with Crippen LogP contribution in [0, 0.1) is 5.92 Å². The maximum absolute atomic E-state index is 12.2. The SMILES string of the molecule is CC(C(=O)O)N(C)C(=O)C1CCCN(S(C)(=O)=O)C1. The summed E-state index contributed by atoms with van der Waals surface area (Å²) < 4.78 is 24.2. The highest BCUT2D eigenvalue weighted by atomic mass is 32.2. The Bertz CT molecular complexity index is 462. The van der Waals surface area contributed by atoms with Gasteiger partial charge in [-0.15, -0.1) is 0 Å². The summed E-state index contributed by atoms with van der Waals surface area (Å²) in [5.41, 5.74) is 0. The number of rotatable bonds is 4. The molecule has 0 spiro atoms. The molecular formula is C11H20N2O5S. The maximum atomic E-state index is 12.2. The van der Waals surface area contributed by atoms with Gasteiger partial charge in [-0.3, -0.25) is 4.79 Å². The number of nitrogens with zero attached hydrogens (tertiary/aromatic N) is 2. The third kappa shape index (κ3) is 3.90. The second-order valence-corrected chi connectivity index (χ2v) is 6.91. The standard InChI is InChI=1S/C11H20N2O5S/c1-8(11(15)16)12(2)10(14)9-5-4-6-13(7-9)19(3,17)18/h8-9H,4-7H2,1-3H3,(H,15,16). The third-order valence-electron chi connectivity index (χ3n) is 3.49. The van der Waals surface area contributed by atoms with Crippen molar-refractivity contribution in [3.63, 3.8) is 0 Å². The largest absolute Gasteiger partial charge is 0.480 e. The van der Waals surface area contributed by atoms with Crippen molar-refractivity contribution >= 4 is 21.9 Å². The first-order valence-electron chi connectivity index (χ1n) is 6.09. The number of sulfonamides is 1. The van der Waals surface area contributed by atoms with Gasteiger partial charge in [0, 0.05) is 20.1 Å². The average Bonchev–Trinajstić information content (AvgIpc) is 2.35. The van der Waals surface area contributed by atoms with E-state index in [1.165, 1.54) is 23.2 Å². The fraction of sp³-hybridized carbons (Fsp3) is 0.818. The monoisotopic (exact) mass is 292 g/mol. The Morgan fingerprint density at radius 2 is 2.00 bits per heavy atom. The number of carboxylic acids is 1. The molecule has 0 bridgehead atoms. The predicted molar refractivity (Wildman–Crippen MR) is 69.0 cm³/mol. The fourth-order valence-electron chi connectivity index (χ4n) is 2.09. The van der Waals surface area contributed by atoms with E-state index in [-0.39, 0.29) is 12.5 Å². The van der Waals surface area contributed by atoms with Gasteiger partial charge in [0.25, 0.3) is 0 Å². The van der Waals surface area contributed by atoms with Gasteiger partial charge in [-0.05, 0) is 19.8 Å². The highest BCUT2D eigenvalue weighted by molar-refractivity contribution is 7.88. The number of piperidine rings is 1. The molecule has 1 amide bonds. The number of amides is 1. The molecule has 0 radical (unpaired) electrons. The normalized spacial score (nSPS) is 22.8. The molecule has 1 aliphatic heterocycles. The van der Waals surface area contributed by atoms with Gasteiger partial charge in [0.15, 0.2) is 0 Å². The molecule has 1 heterocycles. The van der Waals surface area contributed by atoms with Gasteiger partial charge < -0.3 is 10.0 Å². The molecule has 1 rings (SSSR count). The van der Waals surface area contributed by atoms with Crippen molar-refractivity contribution in [3.8, 4) is 0 Å². The van der Waals surface area contributed by atoms with Gasteiger partial charge in [0.1, 0.15) is 6.04 Å². The summed E-state index contributed by atoms with van der Waals surface area (Å²) in [6, 6.07) is -0.916. The van der Waals surface area contributed by atoms with Crippen LogP contribution in [0.2, 0.25) is 0 Å². The molecule has 1 fully saturated rings. The molecule has 0 aromatic heterocycles. The van der Waals surface area contributed by atoms with E-state index in [4.69, 9.17) is 5.11 Å². The second-order valence-electron chi connectivity index (χ2n) is 4.92. The van der Waals surface area contributed by atoms with E-state index in [2.05, 4.69) is 0 Å². The quantitative estimate of drug-likeness (QED) is 0.760. The van der Waals surface area contributed by atoms with Crippen LogP contribution in [-0.4, -0.2) is 67.0 Å². The zero-order chi connectivity index (χ0) is 14.8. The number of carboxylic acid groups (broad SMARTS) is 1. The lowest BCUT2D eigenvalue weighted by atomic mass is 9.97. The molecule has 0 saturated carbocycles. The summed E-state index contributed by atoms with van der Waals surface area (Å²) in [7, 11) is -1.88. The summed E-state index contributed by atoms with van der Waals surface area (Å²) >= 11 is 0. The van der Waals surface area contributed by atoms with E-state index in [1.54, 1.807) is 0 Å². The Hall–Kier alpha value is -1.15. The molecule has 0 aromatic carbocycles. The van der Waals surface area contributed by atoms with Gasteiger partial charge in [0.05, 0.1) is 12.2 Å². The van der Waals surface area contributed by atoms with Crippen LogP contribution in [0.15, 0.2) is 0 Å². The number of hydrogen-bond acceptors (Lipinski definition) is 4. The first-order valence-corrected chi connectivity index (χ1v) is 7.94. The highest BCUT2D eigenvalue weighted by Gasteiger charge is 2.33. The van der Waals surface area contributed by atoms with Gasteiger partial charge in [-0.2, -0.15) is 0 Å². The first kappa shape index (κ1) is 15.9. The maximum Gasteiger partial charge on any atom is 0.326 e. The van der Waals surface area contributed by atoms with Crippen molar-refractivity contribution in [1.29, 1.82) is 0 Å². The summed E-state index contributed by atoms with van der Waals surface area (Å²) in [6.45, 7) is 1.98. The Morgan fingerprint density at radius 1 is 1.42 bits per heavy atom. The topological polar surface area (TPSA) is 95.0 Å². The van der Waals surface area contributed by atoms with Crippen molar-refractivity contribution in [2.24, 2.45) is 5.92 Å². The molecule has 0 aromatic rings. The molecule has 2 unspecified atom stereocenters. The van der Waals surface area contributed by atoms with Crippen LogP contribution in [0.5, 0.6) is 0 Å². The minimum atomic E-state index is -3.31. The molecule has 19 heavy (non-hydrogen) atoms. The zero-order valence-electron chi connectivity index (χ0n) is 11.4. The Kier molecular flexibility index (Phi) is 4.92. The first-order chi connectivity index (χ1) is 8.64. The summed E-state index contributed by atoms with van der Waals surface area (Å²) in [5.74, 6) is -1.86. The Labute approximate surface area is 113 Å². The number of carbonyl (C=O) groups excluding carboxylic acids is 1. The van der Waals surface area contributed by atoms with Crippen molar-refractivity contribution in [3.05, 3.63) is 0 Å². The van der Waals surface area contributed by atoms with Crippen LogP contribution in [-0.2, 0) is 19.6 Å². The molecule has 1 saturated heterocycles. The lowest BCUT2D eigenvalue weighted by Gasteiger charge is -2.33. The van der Waals surface area contributed by atoms with Crippen molar-refractivity contribution < 1.29 is 23.1 Å². The van der Waals surface area contributed by atoms with Crippen molar-refractivity contribution in [2.45, 2.75) is 25.8 Å². The van der Waals surface area contributed by atoms with Gasteiger partial charge >= 0.3 is 5.97 Å². The van der Waals surface area contributed by atoms with E-state index >= 15 is 0 Å². The van der Waals surface area contributed by atoms with E-state index in [0.29, 0.717) is 19.4 Å². The molecule has 110 valence electrons. The lowest BCUT2D eigenvalue weighted by molar-refractivity contribution is -0.150. The van der Waals surface area contributed by atoms with E-state index < -0.39 is 28.0 Å². The van der Waals surface area contributed by atoms with Crippen LogP contribution in [0.25, 0.3) is 0 Å². The average molecular weight is 292 g/mol. The van der Waals surface area contributed by atoms with Crippen LogP contribution < -0.4 is 0 Å². The third-order valence-corrected chi connectivity index (χ3v) is 4.76. The van der Waals surface area contributed by atoms with Crippen LogP contribution in [0.3, 0.4) is 0 Å². The van der Waals surface area contributed by atoms with Crippen molar-refractivity contribution in [2.75, 3.05) is 26.4 Å². The second kappa shape index (κ2) is 5.87.